The zero-order valence-corrected chi connectivity index (χ0v) is 15.4. The summed E-state index contributed by atoms with van der Waals surface area (Å²) < 4.78 is 0. The summed E-state index contributed by atoms with van der Waals surface area (Å²) in [7, 11) is 0. The number of likely N-dealkylation sites (tertiary alicyclic amines) is 1. The number of nitrogens with zero attached hydrogens (tertiary/aromatic N) is 1. The van der Waals surface area contributed by atoms with Crippen molar-refractivity contribution in [2.24, 2.45) is 5.41 Å². The summed E-state index contributed by atoms with van der Waals surface area (Å²) in [5.41, 5.74) is 4.88. The molecule has 1 spiro atoms. The van der Waals surface area contributed by atoms with Crippen LogP contribution in [0.1, 0.15) is 30.0 Å². The van der Waals surface area contributed by atoms with Gasteiger partial charge in [0.05, 0.1) is 5.41 Å². The summed E-state index contributed by atoms with van der Waals surface area (Å²) in [5.74, 6) is 0.223. The number of benzene rings is 2. The fraction of sp³-hybridized carbons (Fsp3) is 0.348. The monoisotopic (exact) mass is 346 g/mol. The Morgan fingerprint density at radius 1 is 1.12 bits per heavy atom. The Hall–Kier alpha value is -2.39. The molecule has 0 saturated carbocycles. The molecule has 2 aliphatic heterocycles. The van der Waals surface area contributed by atoms with Gasteiger partial charge in [0.2, 0.25) is 5.91 Å². The zero-order valence-electron chi connectivity index (χ0n) is 15.4. The van der Waals surface area contributed by atoms with Gasteiger partial charge in [-0.3, -0.25) is 9.69 Å². The van der Waals surface area contributed by atoms with Crippen LogP contribution in [-0.4, -0.2) is 30.4 Å². The third kappa shape index (κ3) is 3.45. The van der Waals surface area contributed by atoms with Gasteiger partial charge in [-0.1, -0.05) is 66.2 Å². The van der Waals surface area contributed by atoms with Gasteiger partial charge < -0.3 is 5.32 Å². The topological polar surface area (TPSA) is 32.3 Å². The van der Waals surface area contributed by atoms with Gasteiger partial charge >= 0.3 is 0 Å². The van der Waals surface area contributed by atoms with Crippen LogP contribution in [0.3, 0.4) is 0 Å². The lowest BCUT2D eigenvalue weighted by molar-refractivity contribution is -0.130. The van der Waals surface area contributed by atoms with E-state index in [9.17, 15) is 4.79 Å². The first-order valence-corrected chi connectivity index (χ1v) is 9.44. The highest BCUT2D eigenvalue weighted by Gasteiger charge is 2.45. The Morgan fingerprint density at radius 3 is 2.65 bits per heavy atom. The van der Waals surface area contributed by atoms with Gasteiger partial charge in [0.1, 0.15) is 0 Å². The number of hydrogen-bond acceptors (Lipinski definition) is 2. The second-order valence-electron chi connectivity index (χ2n) is 7.77. The van der Waals surface area contributed by atoms with Crippen molar-refractivity contribution in [1.29, 1.82) is 0 Å². The molecule has 0 radical (unpaired) electrons. The molecule has 26 heavy (non-hydrogen) atoms. The fourth-order valence-electron chi connectivity index (χ4n) is 4.37. The molecule has 1 unspecified atom stereocenters. The Bertz CT molecular complexity index is 827. The number of nitrogens with one attached hydrogen (secondary N) is 1. The summed E-state index contributed by atoms with van der Waals surface area (Å²) in [4.78, 5) is 15.3. The van der Waals surface area contributed by atoms with Crippen LogP contribution < -0.4 is 5.32 Å². The Morgan fingerprint density at radius 2 is 1.85 bits per heavy atom. The van der Waals surface area contributed by atoms with Crippen LogP contribution in [0.5, 0.6) is 0 Å². The highest BCUT2D eigenvalue weighted by molar-refractivity contribution is 5.84. The molecule has 1 saturated heterocycles. The van der Waals surface area contributed by atoms with E-state index in [-0.39, 0.29) is 11.3 Å². The van der Waals surface area contributed by atoms with Gasteiger partial charge in [0, 0.05) is 19.6 Å². The van der Waals surface area contributed by atoms with Crippen molar-refractivity contribution >= 4 is 12.0 Å². The largest absolute Gasteiger partial charge is 0.351 e. The predicted molar refractivity (Wildman–Crippen MR) is 106 cm³/mol. The van der Waals surface area contributed by atoms with Gasteiger partial charge in [0.15, 0.2) is 0 Å². The lowest BCUT2D eigenvalue weighted by Gasteiger charge is -2.26. The van der Waals surface area contributed by atoms with Crippen LogP contribution in [0, 0.1) is 5.41 Å². The van der Waals surface area contributed by atoms with Crippen LogP contribution >= 0.6 is 0 Å². The number of rotatable bonds is 3. The maximum absolute atomic E-state index is 12.9. The van der Waals surface area contributed by atoms with E-state index in [0.29, 0.717) is 6.54 Å². The molecule has 1 amide bonds. The van der Waals surface area contributed by atoms with Crippen molar-refractivity contribution in [3.05, 3.63) is 76.9 Å². The summed E-state index contributed by atoms with van der Waals surface area (Å²) >= 11 is 0. The highest BCUT2D eigenvalue weighted by Crippen LogP contribution is 2.37. The molecule has 4 rings (SSSR count). The summed E-state index contributed by atoms with van der Waals surface area (Å²) in [6, 6.07) is 18.9. The van der Waals surface area contributed by atoms with E-state index >= 15 is 0 Å². The standard InChI is InChI=1S/C23H26N2O/c1-18(13-19-7-3-2-4-8-19)16-25-12-11-23(17-25)14-20-9-5-6-10-21(20)15-24-22(23)26/h2-10,13H,11-12,14-17H2,1H3,(H,24,26)/b18-13+. The third-order valence-corrected chi connectivity index (χ3v) is 5.69. The van der Waals surface area contributed by atoms with E-state index in [1.165, 1.54) is 22.3 Å². The van der Waals surface area contributed by atoms with E-state index in [0.717, 1.165) is 32.5 Å². The maximum Gasteiger partial charge on any atom is 0.228 e. The van der Waals surface area contributed by atoms with Crippen LogP contribution in [0.4, 0.5) is 0 Å². The molecular weight excluding hydrogens is 320 g/mol. The Labute approximate surface area is 155 Å². The van der Waals surface area contributed by atoms with Crippen molar-refractivity contribution in [2.45, 2.75) is 26.3 Å². The molecule has 2 aromatic rings. The minimum absolute atomic E-state index is 0.223. The lowest BCUT2D eigenvalue weighted by atomic mass is 9.80. The van der Waals surface area contributed by atoms with Crippen molar-refractivity contribution in [2.75, 3.05) is 19.6 Å². The summed E-state index contributed by atoms with van der Waals surface area (Å²) in [6.45, 7) is 5.58. The van der Waals surface area contributed by atoms with Crippen molar-refractivity contribution in [1.82, 2.24) is 10.2 Å². The quantitative estimate of drug-likeness (QED) is 0.920. The number of hydrogen-bond donors (Lipinski definition) is 1. The van der Waals surface area contributed by atoms with Crippen LogP contribution in [0.25, 0.3) is 6.08 Å². The predicted octanol–water partition coefficient (Wildman–Crippen LogP) is 3.65. The molecule has 2 heterocycles. The lowest BCUT2D eigenvalue weighted by Crippen LogP contribution is -2.42. The van der Waals surface area contributed by atoms with Crippen LogP contribution in [0.2, 0.25) is 0 Å². The molecular formula is C23H26N2O. The normalized spacial score (nSPS) is 23.6. The van der Waals surface area contributed by atoms with Crippen molar-refractivity contribution < 1.29 is 4.79 Å². The van der Waals surface area contributed by atoms with E-state index in [2.05, 4.69) is 71.7 Å². The molecule has 3 heteroatoms. The Kier molecular flexibility index (Phi) is 4.64. The van der Waals surface area contributed by atoms with Gasteiger partial charge in [0.25, 0.3) is 0 Å². The second kappa shape index (κ2) is 7.08. The number of fused-ring (bicyclic) bond motifs is 1. The van der Waals surface area contributed by atoms with Gasteiger partial charge in [-0.05, 0) is 43.0 Å². The number of carbonyl (C=O) groups excluding carboxylic acids is 1. The van der Waals surface area contributed by atoms with Crippen LogP contribution in [0.15, 0.2) is 60.2 Å². The van der Waals surface area contributed by atoms with E-state index in [1.807, 2.05) is 6.07 Å². The average Bonchev–Trinajstić information content (AvgIpc) is 2.98. The molecule has 1 atom stereocenters. The Balaban J connectivity index is 1.48. The maximum atomic E-state index is 12.9. The number of carbonyl (C=O) groups is 1. The molecule has 3 nitrogen and oxygen atoms in total. The first kappa shape index (κ1) is 17.0. The van der Waals surface area contributed by atoms with E-state index < -0.39 is 0 Å². The van der Waals surface area contributed by atoms with Gasteiger partial charge in [-0.15, -0.1) is 0 Å². The minimum Gasteiger partial charge on any atom is -0.351 e. The fourth-order valence-corrected chi connectivity index (χ4v) is 4.37. The van der Waals surface area contributed by atoms with Crippen molar-refractivity contribution in [3.8, 4) is 0 Å². The second-order valence-corrected chi connectivity index (χ2v) is 7.77. The zero-order chi connectivity index (χ0) is 18.0. The van der Waals surface area contributed by atoms with E-state index in [4.69, 9.17) is 0 Å². The molecule has 0 bridgehead atoms. The van der Waals surface area contributed by atoms with Crippen LogP contribution in [-0.2, 0) is 17.8 Å². The molecule has 1 fully saturated rings. The van der Waals surface area contributed by atoms with Gasteiger partial charge in [-0.2, -0.15) is 0 Å². The highest BCUT2D eigenvalue weighted by atomic mass is 16.2. The molecule has 134 valence electrons. The van der Waals surface area contributed by atoms with Gasteiger partial charge in [-0.25, -0.2) is 0 Å². The molecule has 0 aromatic heterocycles. The molecule has 2 aliphatic rings. The molecule has 1 N–H and O–H groups in total. The van der Waals surface area contributed by atoms with E-state index in [1.54, 1.807) is 0 Å². The molecule has 0 aliphatic carbocycles. The van der Waals surface area contributed by atoms with Crippen molar-refractivity contribution in [3.63, 3.8) is 0 Å². The first-order chi connectivity index (χ1) is 12.6. The summed E-state index contributed by atoms with van der Waals surface area (Å²) in [6.07, 6.45) is 4.03. The minimum atomic E-state index is -0.278. The number of amides is 1. The first-order valence-electron chi connectivity index (χ1n) is 9.44. The average molecular weight is 346 g/mol. The smallest absolute Gasteiger partial charge is 0.228 e. The third-order valence-electron chi connectivity index (χ3n) is 5.69. The summed E-state index contributed by atoms with van der Waals surface area (Å²) in [5, 5.41) is 3.17. The SMILES string of the molecule is C/C(=C\c1ccccc1)CN1CCC2(Cc3ccccc3CNC2=O)C1. The molecule has 2 aromatic carbocycles.